The number of hydrogen-bond donors (Lipinski definition) is 1. The first kappa shape index (κ1) is 20.2. The first-order valence-corrected chi connectivity index (χ1v) is 10.2. The molecule has 0 amide bonds. The molecule has 0 aromatic heterocycles. The Morgan fingerprint density at radius 2 is 1.47 bits per heavy atom. The van der Waals surface area contributed by atoms with Gasteiger partial charge in [0.25, 0.3) is 0 Å². The summed E-state index contributed by atoms with van der Waals surface area (Å²) < 4.78 is 5.55. The van der Waals surface area contributed by atoms with E-state index in [0.717, 1.165) is 22.3 Å². The van der Waals surface area contributed by atoms with Crippen molar-refractivity contribution >= 4 is 23.5 Å². The molecule has 0 fully saturated rings. The van der Waals surface area contributed by atoms with Gasteiger partial charge in [0, 0.05) is 10.9 Å². The summed E-state index contributed by atoms with van der Waals surface area (Å²) in [7, 11) is 0. The Morgan fingerprint density at radius 3 is 2.07 bits per heavy atom. The molecule has 4 rings (SSSR count). The number of esters is 1. The highest BCUT2D eigenvalue weighted by Gasteiger charge is 2.30. The van der Waals surface area contributed by atoms with Gasteiger partial charge in [-0.25, -0.2) is 0 Å². The van der Waals surface area contributed by atoms with Gasteiger partial charge < -0.3 is 9.84 Å². The van der Waals surface area contributed by atoms with Crippen LogP contribution in [0.25, 0.3) is 11.1 Å². The lowest BCUT2D eigenvalue weighted by Crippen LogP contribution is -2.23. The first-order valence-electron chi connectivity index (χ1n) is 9.84. The Hall–Kier alpha value is -3.11. The van der Waals surface area contributed by atoms with E-state index in [9.17, 15) is 14.7 Å². The summed E-state index contributed by atoms with van der Waals surface area (Å²) in [4.78, 5) is 24.2. The van der Waals surface area contributed by atoms with Crippen LogP contribution in [0, 0.1) is 5.92 Å². The number of rotatable bonds is 7. The van der Waals surface area contributed by atoms with E-state index in [1.165, 1.54) is 0 Å². The molecule has 0 saturated heterocycles. The minimum absolute atomic E-state index is 0.0480. The zero-order valence-electron chi connectivity index (χ0n) is 16.3. The summed E-state index contributed by atoms with van der Waals surface area (Å²) in [5, 5.41) is 10.1. The molecule has 3 aromatic rings. The van der Waals surface area contributed by atoms with Gasteiger partial charge in [0.2, 0.25) is 0 Å². The lowest BCUT2D eigenvalue weighted by molar-refractivity contribution is -0.151. The third-order valence-corrected chi connectivity index (χ3v) is 5.93. The summed E-state index contributed by atoms with van der Waals surface area (Å²) in [6.07, 6.45) is -0.0181. The number of aliphatic carboxylic acids is 1. The van der Waals surface area contributed by atoms with Gasteiger partial charge >= 0.3 is 11.9 Å². The van der Waals surface area contributed by atoms with Crippen LogP contribution >= 0.6 is 11.6 Å². The van der Waals surface area contributed by atoms with E-state index in [4.69, 9.17) is 16.3 Å². The van der Waals surface area contributed by atoms with Gasteiger partial charge in [0.1, 0.15) is 6.61 Å². The summed E-state index contributed by atoms with van der Waals surface area (Å²) in [6.45, 7) is 0.186. The average molecular weight is 421 g/mol. The standard InChI is InChI=1S/C25H21ClO4/c26-23-12-6-1-7-16(23)13-17(25(28)29)14-24(27)30-15-22-20-10-4-2-8-18(20)19-9-3-5-11-21(19)22/h1-12,17,22H,13-15H2,(H,28,29)/t17-/m1/s1. The highest BCUT2D eigenvalue weighted by molar-refractivity contribution is 6.31. The van der Waals surface area contributed by atoms with E-state index in [0.29, 0.717) is 10.6 Å². The van der Waals surface area contributed by atoms with Crippen molar-refractivity contribution in [2.75, 3.05) is 6.61 Å². The van der Waals surface area contributed by atoms with Gasteiger partial charge in [-0.2, -0.15) is 0 Å². The van der Waals surface area contributed by atoms with E-state index in [-0.39, 0.29) is 25.4 Å². The van der Waals surface area contributed by atoms with Crippen molar-refractivity contribution in [3.8, 4) is 11.1 Å². The van der Waals surface area contributed by atoms with E-state index in [1.54, 1.807) is 24.3 Å². The Labute approximate surface area is 180 Å². The quantitative estimate of drug-likeness (QED) is 0.525. The summed E-state index contributed by atoms with van der Waals surface area (Å²) in [5.74, 6) is -2.49. The molecule has 1 atom stereocenters. The first-order chi connectivity index (χ1) is 14.5. The SMILES string of the molecule is O=C(C[C@@H](Cc1ccccc1Cl)C(=O)O)OCC1c2ccccc2-c2ccccc21. The van der Waals surface area contributed by atoms with Gasteiger partial charge in [0.05, 0.1) is 12.3 Å². The molecular weight excluding hydrogens is 400 g/mol. The van der Waals surface area contributed by atoms with E-state index in [2.05, 4.69) is 12.1 Å². The number of carbonyl (C=O) groups is 2. The smallest absolute Gasteiger partial charge is 0.307 e. The second kappa shape index (κ2) is 8.72. The van der Waals surface area contributed by atoms with Crippen LogP contribution in [0.5, 0.6) is 0 Å². The Kier molecular flexibility index (Phi) is 5.86. The van der Waals surface area contributed by atoms with Crippen LogP contribution in [0.2, 0.25) is 5.02 Å². The molecule has 1 aliphatic carbocycles. The molecule has 5 heteroatoms. The highest BCUT2D eigenvalue weighted by atomic mass is 35.5. The van der Waals surface area contributed by atoms with Crippen molar-refractivity contribution in [2.24, 2.45) is 5.92 Å². The van der Waals surface area contributed by atoms with E-state index >= 15 is 0 Å². The van der Waals surface area contributed by atoms with Crippen LogP contribution in [-0.4, -0.2) is 23.7 Å². The summed E-state index contributed by atoms with van der Waals surface area (Å²) in [6, 6.07) is 23.2. The van der Waals surface area contributed by atoms with Crippen LogP contribution in [0.1, 0.15) is 29.0 Å². The van der Waals surface area contributed by atoms with Crippen LogP contribution in [-0.2, 0) is 20.7 Å². The monoisotopic (exact) mass is 420 g/mol. The zero-order chi connectivity index (χ0) is 21.1. The van der Waals surface area contributed by atoms with Gasteiger partial charge in [0.15, 0.2) is 0 Å². The van der Waals surface area contributed by atoms with Crippen LogP contribution < -0.4 is 0 Å². The van der Waals surface area contributed by atoms with Crippen molar-refractivity contribution in [3.05, 3.63) is 94.5 Å². The largest absolute Gasteiger partial charge is 0.481 e. The highest BCUT2D eigenvalue weighted by Crippen LogP contribution is 2.44. The van der Waals surface area contributed by atoms with E-state index in [1.807, 2.05) is 36.4 Å². The topological polar surface area (TPSA) is 63.6 Å². The van der Waals surface area contributed by atoms with Gasteiger partial charge in [-0.05, 0) is 40.3 Å². The van der Waals surface area contributed by atoms with Crippen molar-refractivity contribution in [1.82, 2.24) is 0 Å². The second-order valence-electron chi connectivity index (χ2n) is 7.44. The molecule has 4 nitrogen and oxygen atoms in total. The summed E-state index contributed by atoms with van der Waals surface area (Å²) >= 11 is 6.14. The normalized spacial score (nSPS) is 13.4. The second-order valence-corrected chi connectivity index (χ2v) is 7.85. The summed E-state index contributed by atoms with van der Waals surface area (Å²) in [5.41, 5.74) is 5.25. The molecule has 1 N–H and O–H groups in total. The number of benzene rings is 3. The van der Waals surface area contributed by atoms with Crippen molar-refractivity contribution in [2.45, 2.75) is 18.8 Å². The number of carboxylic acid groups (broad SMARTS) is 1. The molecule has 0 saturated carbocycles. The maximum Gasteiger partial charge on any atom is 0.307 e. The fourth-order valence-corrected chi connectivity index (χ4v) is 4.26. The molecule has 0 spiro atoms. The molecule has 1 aliphatic rings. The lowest BCUT2D eigenvalue weighted by Gasteiger charge is -2.16. The van der Waals surface area contributed by atoms with E-state index < -0.39 is 17.9 Å². The predicted molar refractivity (Wildman–Crippen MR) is 116 cm³/mol. The number of hydrogen-bond acceptors (Lipinski definition) is 3. The molecule has 0 radical (unpaired) electrons. The Balaban J connectivity index is 1.44. The van der Waals surface area contributed by atoms with Gasteiger partial charge in [-0.15, -0.1) is 0 Å². The van der Waals surface area contributed by atoms with Crippen molar-refractivity contribution in [1.29, 1.82) is 0 Å². The molecule has 152 valence electrons. The predicted octanol–water partition coefficient (Wildman–Crippen LogP) is 5.33. The maximum atomic E-state index is 12.5. The number of fused-ring (bicyclic) bond motifs is 3. The number of carboxylic acids is 1. The maximum absolute atomic E-state index is 12.5. The molecule has 30 heavy (non-hydrogen) atoms. The number of carbonyl (C=O) groups excluding carboxylic acids is 1. The molecule has 0 unspecified atom stereocenters. The molecular formula is C25H21ClO4. The molecule has 0 bridgehead atoms. The van der Waals surface area contributed by atoms with Crippen LogP contribution in [0.3, 0.4) is 0 Å². The Morgan fingerprint density at radius 1 is 0.900 bits per heavy atom. The number of ether oxygens (including phenoxy) is 1. The van der Waals surface area contributed by atoms with Gasteiger partial charge in [-0.3, -0.25) is 9.59 Å². The average Bonchev–Trinajstić information content (AvgIpc) is 3.07. The molecule has 3 aromatic carbocycles. The fourth-order valence-electron chi connectivity index (χ4n) is 4.05. The third-order valence-electron chi connectivity index (χ3n) is 5.56. The Bertz CT molecular complexity index is 1050. The minimum atomic E-state index is -1.04. The number of halogens is 1. The lowest BCUT2D eigenvalue weighted by atomic mass is 9.96. The van der Waals surface area contributed by atoms with Crippen molar-refractivity contribution < 1.29 is 19.4 Å². The van der Waals surface area contributed by atoms with Crippen molar-refractivity contribution in [3.63, 3.8) is 0 Å². The zero-order valence-corrected chi connectivity index (χ0v) is 17.0. The fraction of sp³-hybridized carbons (Fsp3) is 0.200. The minimum Gasteiger partial charge on any atom is -0.481 e. The van der Waals surface area contributed by atoms with Gasteiger partial charge in [-0.1, -0.05) is 78.3 Å². The molecule has 0 aliphatic heterocycles. The van der Waals surface area contributed by atoms with Crippen LogP contribution in [0.15, 0.2) is 72.8 Å². The van der Waals surface area contributed by atoms with Crippen LogP contribution in [0.4, 0.5) is 0 Å². The molecule has 0 heterocycles. The third kappa shape index (κ3) is 4.10.